The lowest BCUT2D eigenvalue weighted by Crippen LogP contribution is -2.36. The van der Waals surface area contributed by atoms with Gasteiger partial charge in [-0.1, -0.05) is 11.3 Å². The third kappa shape index (κ3) is 4.46. The number of fused-ring (bicyclic) bond motifs is 2. The summed E-state index contributed by atoms with van der Waals surface area (Å²) in [5.74, 6) is -5.54. The highest BCUT2D eigenvalue weighted by Gasteiger charge is 2.40. The number of allylic oxidation sites excluding steroid dienone is 5. The number of halogens is 3. The predicted octanol–water partition coefficient (Wildman–Crippen LogP) is 3.80. The Morgan fingerprint density at radius 2 is 2.03 bits per heavy atom. The highest BCUT2D eigenvalue weighted by molar-refractivity contribution is 7.15. The van der Waals surface area contributed by atoms with Gasteiger partial charge in [0.1, 0.15) is 11.5 Å². The highest BCUT2D eigenvalue weighted by Crippen LogP contribution is 2.39. The molecule has 180 valence electrons. The molecule has 0 radical (unpaired) electrons. The number of anilines is 1. The van der Waals surface area contributed by atoms with Crippen molar-refractivity contribution in [3.05, 3.63) is 45.9 Å². The Bertz CT molecular complexity index is 1160. The molecule has 1 N–H and O–H groups in total. The first kappa shape index (κ1) is 23.0. The lowest BCUT2D eigenvalue weighted by atomic mass is 9.86. The average Bonchev–Trinajstić information content (AvgIpc) is 3.40. The first-order chi connectivity index (χ1) is 16.2. The van der Waals surface area contributed by atoms with Gasteiger partial charge in [0, 0.05) is 55.4 Å². The minimum Gasteiger partial charge on any atom is -0.381 e. The maximum atomic E-state index is 14.0. The number of ether oxygens (including phenoxy) is 1. The summed E-state index contributed by atoms with van der Waals surface area (Å²) >= 11 is 1.32. The van der Waals surface area contributed by atoms with Crippen molar-refractivity contribution in [2.75, 3.05) is 25.1 Å². The summed E-state index contributed by atoms with van der Waals surface area (Å²) in [6.07, 6.45) is 5.14. The zero-order valence-corrected chi connectivity index (χ0v) is 19.3. The van der Waals surface area contributed by atoms with Crippen molar-refractivity contribution in [1.29, 1.82) is 0 Å². The molecular weight excluding hydrogens is 469 g/mol. The van der Waals surface area contributed by atoms with Crippen molar-refractivity contribution in [2.45, 2.75) is 38.7 Å². The zero-order valence-electron chi connectivity index (χ0n) is 18.4. The minimum atomic E-state index is -3.24. The van der Waals surface area contributed by atoms with Crippen molar-refractivity contribution in [3.8, 4) is 0 Å². The van der Waals surface area contributed by atoms with Gasteiger partial charge in [0.2, 0.25) is 5.91 Å². The molecule has 0 bridgehead atoms. The number of carbonyl (C=O) groups excluding carboxylic acids is 2. The van der Waals surface area contributed by atoms with E-state index in [0.29, 0.717) is 51.1 Å². The fourth-order valence-corrected chi connectivity index (χ4v) is 5.58. The number of carbonyl (C=O) groups is 2. The van der Waals surface area contributed by atoms with Gasteiger partial charge in [-0.15, -0.1) is 0 Å². The number of rotatable bonds is 4. The lowest BCUT2D eigenvalue weighted by Gasteiger charge is -2.25. The number of hydrogen-bond acceptors (Lipinski definition) is 6. The van der Waals surface area contributed by atoms with Crippen molar-refractivity contribution >= 4 is 34.0 Å². The van der Waals surface area contributed by atoms with Gasteiger partial charge in [0.15, 0.2) is 5.13 Å². The van der Waals surface area contributed by atoms with E-state index in [2.05, 4.69) is 15.3 Å². The van der Waals surface area contributed by atoms with Crippen LogP contribution in [-0.2, 0) is 27.3 Å². The molecule has 7 nitrogen and oxygen atoms in total. The van der Waals surface area contributed by atoms with Gasteiger partial charge in [0.05, 0.1) is 18.0 Å². The molecule has 2 amide bonds. The number of thiazole rings is 1. The van der Waals surface area contributed by atoms with E-state index in [-0.39, 0.29) is 29.8 Å². The Hall–Kier alpha value is -2.79. The Kier molecular flexibility index (Phi) is 5.93. The molecule has 0 aromatic carbocycles. The van der Waals surface area contributed by atoms with Gasteiger partial charge in [-0.2, -0.15) is 0 Å². The van der Waals surface area contributed by atoms with E-state index >= 15 is 0 Å². The van der Waals surface area contributed by atoms with Crippen LogP contribution in [0.1, 0.15) is 30.3 Å². The summed E-state index contributed by atoms with van der Waals surface area (Å²) in [6, 6.07) is 0. The standard InChI is InChI=1S/C23H23F3N4O3S/c1-23(25,26)15-8-13(24)9-17-14(15)10-18(27-17)21(32)30-5-2-16-19(11-30)34-22(28-16)29-20(31)12-3-6-33-7-4-12/h8-10,12,14H,2-7,11H2,1H3,(H,28,29,31). The summed E-state index contributed by atoms with van der Waals surface area (Å²) in [4.78, 5) is 36.7. The number of amides is 2. The molecule has 4 aliphatic rings. The van der Waals surface area contributed by atoms with Crippen molar-refractivity contribution in [1.82, 2.24) is 9.88 Å². The maximum Gasteiger partial charge on any atom is 0.272 e. The van der Waals surface area contributed by atoms with Crippen molar-refractivity contribution in [2.24, 2.45) is 16.8 Å². The molecule has 1 unspecified atom stereocenters. The fourth-order valence-electron chi connectivity index (χ4n) is 4.55. The second-order valence-electron chi connectivity index (χ2n) is 8.83. The Morgan fingerprint density at radius 3 is 2.76 bits per heavy atom. The summed E-state index contributed by atoms with van der Waals surface area (Å²) in [7, 11) is 0. The van der Waals surface area contributed by atoms with Gasteiger partial charge >= 0.3 is 0 Å². The highest BCUT2D eigenvalue weighted by atomic mass is 32.1. The van der Waals surface area contributed by atoms with E-state index in [1.807, 2.05) is 0 Å². The van der Waals surface area contributed by atoms with Crippen molar-refractivity contribution in [3.63, 3.8) is 0 Å². The molecule has 4 heterocycles. The van der Waals surface area contributed by atoms with E-state index in [1.165, 1.54) is 17.4 Å². The van der Waals surface area contributed by atoms with Crippen LogP contribution in [0.3, 0.4) is 0 Å². The normalized spacial score (nSPS) is 22.8. The molecule has 5 rings (SSSR count). The molecular formula is C23H23F3N4O3S. The molecule has 0 spiro atoms. The predicted molar refractivity (Wildman–Crippen MR) is 120 cm³/mol. The molecule has 34 heavy (non-hydrogen) atoms. The Balaban J connectivity index is 1.28. The quantitative estimate of drug-likeness (QED) is 0.693. The number of nitrogens with one attached hydrogen (secondary N) is 1. The number of nitrogens with zero attached hydrogens (tertiary/aromatic N) is 3. The first-order valence-electron chi connectivity index (χ1n) is 11.1. The van der Waals surface area contributed by atoms with Crippen LogP contribution in [0.5, 0.6) is 0 Å². The van der Waals surface area contributed by atoms with Crippen LogP contribution in [0.15, 0.2) is 40.3 Å². The molecule has 1 aromatic rings. The minimum absolute atomic E-state index is 0.0297. The largest absolute Gasteiger partial charge is 0.381 e. The Labute approximate surface area is 198 Å². The summed E-state index contributed by atoms with van der Waals surface area (Å²) in [6.45, 7) is 2.51. The first-order valence-corrected chi connectivity index (χ1v) is 11.9. The third-order valence-corrected chi connectivity index (χ3v) is 7.37. The van der Waals surface area contributed by atoms with Crippen LogP contribution in [-0.4, -0.2) is 53.1 Å². The zero-order chi connectivity index (χ0) is 24.0. The fraction of sp³-hybridized carbons (Fsp3) is 0.478. The second-order valence-corrected chi connectivity index (χ2v) is 9.91. The molecule has 0 saturated carbocycles. The van der Waals surface area contributed by atoms with Gasteiger partial charge in [-0.3, -0.25) is 9.59 Å². The average molecular weight is 493 g/mol. The van der Waals surface area contributed by atoms with E-state index in [1.54, 1.807) is 4.90 Å². The van der Waals surface area contributed by atoms with Gasteiger partial charge in [0.25, 0.3) is 11.8 Å². The maximum absolute atomic E-state index is 14.0. The van der Waals surface area contributed by atoms with Crippen molar-refractivity contribution < 1.29 is 27.5 Å². The molecule has 1 atom stereocenters. The molecule has 11 heteroatoms. The van der Waals surface area contributed by atoms with Gasteiger partial charge in [-0.25, -0.2) is 23.1 Å². The van der Waals surface area contributed by atoms with Gasteiger partial charge < -0.3 is 15.0 Å². The van der Waals surface area contributed by atoms with Gasteiger partial charge in [-0.05, 0) is 31.1 Å². The topological polar surface area (TPSA) is 83.9 Å². The molecule has 1 aromatic heterocycles. The van der Waals surface area contributed by atoms with E-state index < -0.39 is 29.1 Å². The molecule has 1 saturated heterocycles. The summed E-state index contributed by atoms with van der Waals surface area (Å²) in [5, 5.41) is 3.38. The molecule has 1 fully saturated rings. The number of aliphatic imine (C=N–C) groups is 1. The Morgan fingerprint density at radius 1 is 1.26 bits per heavy atom. The number of hydrogen-bond donors (Lipinski definition) is 1. The van der Waals surface area contributed by atoms with Crippen LogP contribution in [0.4, 0.5) is 18.3 Å². The molecule has 1 aliphatic carbocycles. The van der Waals surface area contributed by atoms with Crippen LogP contribution >= 0.6 is 11.3 Å². The smallest absolute Gasteiger partial charge is 0.272 e. The summed E-state index contributed by atoms with van der Waals surface area (Å²) in [5.41, 5.74) is 0.551. The van der Waals surface area contributed by atoms with Crippen LogP contribution in [0, 0.1) is 11.8 Å². The number of aromatic nitrogens is 1. The van der Waals surface area contributed by atoms with E-state index in [4.69, 9.17) is 4.74 Å². The van der Waals surface area contributed by atoms with E-state index in [0.717, 1.165) is 22.7 Å². The monoisotopic (exact) mass is 492 g/mol. The SMILES string of the molecule is CC(F)(F)C1=CC(F)=CC2=NC(C(=O)N3CCc4nc(NC(=O)C5CCOCC5)sc4C3)=CC12. The van der Waals surface area contributed by atoms with E-state index in [9.17, 15) is 22.8 Å². The number of alkyl halides is 2. The van der Waals surface area contributed by atoms with Crippen LogP contribution in [0.2, 0.25) is 0 Å². The third-order valence-electron chi connectivity index (χ3n) is 6.37. The van der Waals surface area contributed by atoms with Crippen LogP contribution in [0.25, 0.3) is 0 Å². The second kappa shape index (κ2) is 8.77. The molecule has 3 aliphatic heterocycles. The lowest BCUT2D eigenvalue weighted by molar-refractivity contribution is -0.128. The summed E-state index contributed by atoms with van der Waals surface area (Å²) < 4.78 is 47.2. The van der Waals surface area contributed by atoms with Crippen LogP contribution < -0.4 is 5.32 Å².